The number of hydrogen-bond acceptors (Lipinski definition) is 7. The van der Waals surface area contributed by atoms with Crippen LogP contribution in [0.25, 0.3) is 0 Å². The minimum atomic E-state index is -1.29. The molecular formula is C19H30N4O7S. The molecule has 0 bridgehead atoms. The first-order chi connectivity index (χ1) is 14.7. The molecule has 174 valence electrons. The summed E-state index contributed by atoms with van der Waals surface area (Å²) in [4.78, 5) is 63.6. The zero-order chi connectivity index (χ0) is 23.1. The number of carboxylic acids is 2. The van der Waals surface area contributed by atoms with Crippen LogP contribution in [0.15, 0.2) is 0 Å². The molecule has 2 rings (SSSR count). The van der Waals surface area contributed by atoms with E-state index >= 15 is 0 Å². The van der Waals surface area contributed by atoms with Gasteiger partial charge in [-0.3, -0.25) is 19.2 Å². The van der Waals surface area contributed by atoms with Crippen LogP contribution >= 0.6 is 11.8 Å². The van der Waals surface area contributed by atoms with Crippen LogP contribution in [-0.4, -0.2) is 98.9 Å². The highest BCUT2D eigenvalue weighted by Gasteiger charge is 2.43. The first kappa shape index (κ1) is 24.9. The summed E-state index contributed by atoms with van der Waals surface area (Å²) < 4.78 is 0. The maximum absolute atomic E-state index is 13.2. The van der Waals surface area contributed by atoms with E-state index in [1.807, 2.05) is 6.26 Å². The number of aliphatic carboxylic acids is 2. The summed E-state index contributed by atoms with van der Waals surface area (Å²) in [6.07, 6.45) is 3.58. The summed E-state index contributed by atoms with van der Waals surface area (Å²) in [6.45, 7) is 0.665. The zero-order valence-electron chi connectivity index (χ0n) is 17.5. The number of carboxylic acid groups (broad SMARTS) is 2. The lowest BCUT2D eigenvalue weighted by Gasteiger charge is -2.32. The Hall–Kier alpha value is -2.34. The van der Waals surface area contributed by atoms with Crippen LogP contribution in [0.1, 0.15) is 38.5 Å². The summed E-state index contributed by atoms with van der Waals surface area (Å²) in [6, 6.07) is -3.89. The predicted octanol–water partition coefficient (Wildman–Crippen LogP) is -0.907. The Morgan fingerprint density at radius 1 is 1.06 bits per heavy atom. The van der Waals surface area contributed by atoms with Gasteiger partial charge in [-0.05, 0) is 44.1 Å². The predicted molar refractivity (Wildman–Crippen MR) is 112 cm³/mol. The van der Waals surface area contributed by atoms with Crippen molar-refractivity contribution < 1.29 is 34.2 Å². The SMILES string of the molecule is CSCCC(NC(=O)C(N)CC(=O)O)C(=O)N1CCCC1C(=O)N1CCCC1C(=O)O. The molecule has 0 spiro atoms. The van der Waals surface area contributed by atoms with Gasteiger partial charge in [-0.25, -0.2) is 4.79 Å². The van der Waals surface area contributed by atoms with Gasteiger partial charge in [0, 0.05) is 13.1 Å². The number of hydrogen-bond donors (Lipinski definition) is 4. The van der Waals surface area contributed by atoms with E-state index in [1.54, 1.807) is 0 Å². The fourth-order valence-corrected chi connectivity index (χ4v) is 4.49. The maximum Gasteiger partial charge on any atom is 0.326 e. The second kappa shape index (κ2) is 11.3. The van der Waals surface area contributed by atoms with Gasteiger partial charge in [0.2, 0.25) is 17.7 Å². The van der Waals surface area contributed by atoms with Crippen molar-refractivity contribution in [3.8, 4) is 0 Å². The molecule has 3 amide bonds. The van der Waals surface area contributed by atoms with Crippen LogP contribution in [0.4, 0.5) is 0 Å². The molecule has 0 saturated carbocycles. The van der Waals surface area contributed by atoms with Gasteiger partial charge in [-0.1, -0.05) is 0 Å². The van der Waals surface area contributed by atoms with Gasteiger partial charge in [0.1, 0.15) is 18.1 Å². The van der Waals surface area contributed by atoms with Crippen molar-refractivity contribution in [1.29, 1.82) is 0 Å². The van der Waals surface area contributed by atoms with Crippen molar-refractivity contribution in [2.24, 2.45) is 5.73 Å². The van der Waals surface area contributed by atoms with E-state index in [0.29, 0.717) is 50.9 Å². The molecule has 2 heterocycles. The Balaban J connectivity index is 2.13. The highest BCUT2D eigenvalue weighted by Crippen LogP contribution is 2.26. The smallest absolute Gasteiger partial charge is 0.326 e. The molecule has 0 aliphatic carbocycles. The lowest BCUT2D eigenvalue weighted by molar-refractivity contribution is -0.152. The van der Waals surface area contributed by atoms with E-state index in [9.17, 15) is 29.1 Å². The molecule has 11 nitrogen and oxygen atoms in total. The van der Waals surface area contributed by atoms with Gasteiger partial charge in [-0.15, -0.1) is 0 Å². The first-order valence-corrected chi connectivity index (χ1v) is 11.7. The third kappa shape index (κ3) is 6.33. The Kier molecular flexibility index (Phi) is 9.11. The number of amides is 3. The number of carbonyl (C=O) groups excluding carboxylic acids is 3. The molecule has 2 aliphatic heterocycles. The van der Waals surface area contributed by atoms with E-state index in [1.165, 1.54) is 21.6 Å². The Morgan fingerprint density at radius 2 is 1.68 bits per heavy atom. The lowest BCUT2D eigenvalue weighted by Crippen LogP contribution is -2.57. The minimum Gasteiger partial charge on any atom is -0.481 e. The Morgan fingerprint density at radius 3 is 2.26 bits per heavy atom. The monoisotopic (exact) mass is 458 g/mol. The average molecular weight is 459 g/mol. The van der Waals surface area contributed by atoms with Crippen LogP contribution in [0, 0.1) is 0 Å². The van der Waals surface area contributed by atoms with Crippen LogP contribution in [0.2, 0.25) is 0 Å². The van der Waals surface area contributed by atoms with Gasteiger partial charge in [0.25, 0.3) is 0 Å². The first-order valence-electron chi connectivity index (χ1n) is 10.3. The number of likely N-dealkylation sites (tertiary alicyclic amines) is 2. The van der Waals surface area contributed by atoms with E-state index in [-0.39, 0.29) is 5.91 Å². The number of nitrogens with two attached hydrogens (primary N) is 1. The van der Waals surface area contributed by atoms with Crippen molar-refractivity contribution in [3.63, 3.8) is 0 Å². The highest BCUT2D eigenvalue weighted by molar-refractivity contribution is 7.98. The molecule has 2 aliphatic rings. The zero-order valence-corrected chi connectivity index (χ0v) is 18.3. The summed E-state index contributed by atoms with van der Waals surface area (Å²) in [5.41, 5.74) is 5.61. The van der Waals surface area contributed by atoms with Gasteiger partial charge in [0.05, 0.1) is 12.5 Å². The molecule has 0 radical (unpaired) electrons. The topological polar surface area (TPSA) is 170 Å². The molecule has 4 atom stereocenters. The third-order valence-corrected chi connectivity index (χ3v) is 6.24. The molecule has 0 aromatic carbocycles. The summed E-state index contributed by atoms with van der Waals surface area (Å²) in [5.74, 6) is -3.28. The van der Waals surface area contributed by atoms with Crippen molar-refractivity contribution in [2.75, 3.05) is 25.1 Å². The average Bonchev–Trinajstić information content (AvgIpc) is 3.39. The van der Waals surface area contributed by atoms with Gasteiger partial charge >= 0.3 is 11.9 Å². The third-order valence-electron chi connectivity index (χ3n) is 5.60. The summed E-state index contributed by atoms with van der Waals surface area (Å²) in [5, 5.41) is 20.7. The molecule has 31 heavy (non-hydrogen) atoms. The van der Waals surface area contributed by atoms with Crippen LogP contribution in [-0.2, 0) is 24.0 Å². The van der Waals surface area contributed by atoms with E-state index in [4.69, 9.17) is 10.8 Å². The molecular weight excluding hydrogens is 428 g/mol. The lowest BCUT2D eigenvalue weighted by atomic mass is 10.1. The van der Waals surface area contributed by atoms with Gasteiger partial charge in [-0.2, -0.15) is 11.8 Å². The maximum atomic E-state index is 13.2. The quantitative estimate of drug-likeness (QED) is 0.324. The fourth-order valence-electron chi connectivity index (χ4n) is 4.02. The van der Waals surface area contributed by atoms with Crippen LogP contribution in [0.3, 0.4) is 0 Å². The molecule has 12 heteroatoms. The fraction of sp³-hybridized carbons (Fsp3) is 0.737. The highest BCUT2D eigenvalue weighted by atomic mass is 32.2. The number of carbonyl (C=O) groups is 5. The summed E-state index contributed by atoms with van der Waals surface area (Å²) >= 11 is 1.48. The van der Waals surface area contributed by atoms with Gasteiger partial charge in [0.15, 0.2) is 0 Å². The van der Waals surface area contributed by atoms with E-state index in [2.05, 4.69) is 5.32 Å². The Labute approximate surface area is 184 Å². The molecule has 2 fully saturated rings. The van der Waals surface area contributed by atoms with E-state index in [0.717, 1.165) is 0 Å². The molecule has 2 saturated heterocycles. The molecule has 0 aromatic heterocycles. The Bertz CT molecular complexity index is 719. The minimum absolute atomic E-state index is 0.296. The van der Waals surface area contributed by atoms with E-state index < -0.39 is 54.3 Å². The number of nitrogens with one attached hydrogen (secondary N) is 1. The van der Waals surface area contributed by atoms with Gasteiger partial charge < -0.3 is 31.1 Å². The van der Waals surface area contributed by atoms with Crippen molar-refractivity contribution in [3.05, 3.63) is 0 Å². The number of thioether (sulfide) groups is 1. The normalized spacial score (nSPS) is 22.8. The van der Waals surface area contributed by atoms with Crippen LogP contribution < -0.4 is 11.1 Å². The molecule has 0 aromatic rings. The molecule has 5 N–H and O–H groups in total. The van der Waals surface area contributed by atoms with Crippen molar-refractivity contribution in [1.82, 2.24) is 15.1 Å². The number of nitrogens with zero attached hydrogens (tertiary/aromatic N) is 2. The van der Waals surface area contributed by atoms with Crippen molar-refractivity contribution in [2.45, 2.75) is 62.7 Å². The standard InChI is InChI=1S/C19H30N4O7S/c1-31-9-6-12(21-16(26)11(20)10-15(24)25)17(27)22-7-2-4-13(22)18(28)23-8-3-5-14(23)19(29)30/h11-14H,2-10,20H2,1H3,(H,21,26)(H,24,25)(H,29,30). The number of rotatable bonds is 10. The van der Waals surface area contributed by atoms with Crippen molar-refractivity contribution >= 4 is 41.4 Å². The second-order valence-electron chi connectivity index (χ2n) is 7.76. The van der Waals surface area contributed by atoms with Crippen LogP contribution in [0.5, 0.6) is 0 Å². The second-order valence-corrected chi connectivity index (χ2v) is 8.75. The summed E-state index contributed by atoms with van der Waals surface area (Å²) in [7, 11) is 0. The molecule has 4 unspecified atom stereocenters. The largest absolute Gasteiger partial charge is 0.481 e.